The van der Waals surface area contributed by atoms with Crippen molar-refractivity contribution in [3.63, 3.8) is 0 Å². The summed E-state index contributed by atoms with van der Waals surface area (Å²) in [7, 11) is 6.60. The lowest BCUT2D eigenvalue weighted by atomic mass is 9.70. The van der Waals surface area contributed by atoms with Crippen LogP contribution in [0.5, 0.6) is 0 Å². The van der Waals surface area contributed by atoms with Crippen LogP contribution in [0.2, 0.25) is 0 Å². The first-order valence-electron chi connectivity index (χ1n) is 22.7. The summed E-state index contributed by atoms with van der Waals surface area (Å²) in [6.07, 6.45) is 16.8. The van der Waals surface area contributed by atoms with Crippen molar-refractivity contribution in [2.24, 2.45) is 22.6 Å². The van der Waals surface area contributed by atoms with Crippen molar-refractivity contribution in [1.82, 2.24) is 25.0 Å². The number of hydrogen-bond acceptors (Lipinski definition) is 8. The number of fused-ring (bicyclic) bond motifs is 5. The fourth-order valence-electron chi connectivity index (χ4n) is 10.2. The minimum atomic E-state index is 0.170. The van der Waals surface area contributed by atoms with Crippen LogP contribution in [-0.2, 0) is 23.7 Å². The minimum absolute atomic E-state index is 0.170. The highest BCUT2D eigenvalue weighted by Gasteiger charge is 2.49. The molecular weight excluding hydrogens is 689 g/mol. The molecule has 4 aliphatic heterocycles. The molecule has 0 radical (unpaired) electrons. The van der Waals surface area contributed by atoms with Gasteiger partial charge in [0.1, 0.15) is 0 Å². The number of rotatable bonds is 0. The Labute approximate surface area is 344 Å². The van der Waals surface area contributed by atoms with Gasteiger partial charge >= 0.3 is 0 Å². The van der Waals surface area contributed by atoms with Gasteiger partial charge in [-0.05, 0) is 140 Å². The van der Waals surface area contributed by atoms with Gasteiger partial charge in [0.05, 0.1) is 5.69 Å². The highest BCUT2D eigenvalue weighted by molar-refractivity contribution is 5.44. The predicted octanol–water partition coefficient (Wildman–Crippen LogP) is 7.41. The van der Waals surface area contributed by atoms with Crippen LogP contribution in [-0.4, -0.2) is 105 Å². The van der Waals surface area contributed by atoms with Crippen molar-refractivity contribution < 1.29 is 0 Å². The molecular formula is C48H84N8. The smallest absolute Gasteiger partial charge is 0.0514 e. The number of hydrogen-bond donors (Lipinski definition) is 4. The number of piperidine rings is 3. The Bertz CT molecular complexity index is 1410. The third-order valence-electron chi connectivity index (χ3n) is 13.6. The number of likely N-dealkylation sites (tertiary alicyclic amines) is 3. The monoisotopic (exact) mass is 773 g/mol. The summed E-state index contributed by atoms with van der Waals surface area (Å²) in [6.45, 7) is 24.0. The van der Waals surface area contributed by atoms with Gasteiger partial charge in [0.2, 0.25) is 0 Å². The maximum absolute atomic E-state index is 6.42. The fraction of sp³-hybridized carbons (Fsp3) is 0.688. The summed E-state index contributed by atoms with van der Waals surface area (Å²) in [5.41, 5.74) is 28.6. The van der Waals surface area contributed by atoms with E-state index >= 15 is 0 Å². The Morgan fingerprint density at radius 3 is 1.59 bits per heavy atom. The zero-order valence-corrected chi connectivity index (χ0v) is 37.8. The zero-order chi connectivity index (χ0) is 41.5. The van der Waals surface area contributed by atoms with Gasteiger partial charge in [0.15, 0.2) is 0 Å². The van der Waals surface area contributed by atoms with Crippen molar-refractivity contribution >= 4 is 0 Å². The lowest BCUT2D eigenvalue weighted by molar-refractivity contribution is 0.140. The standard InChI is InChI=1S/C14H20N2.C13H21N3.C13H19N3.4C2H6/c1-16-8-6-14(7-9-16)12-5-3-2-4-11(12)10-13(14)15;1-16-7-4-13(5-8-16)10-3-2-6-15-11(10)9-12(13)14;1-16-7-4-13(5-8-16)11(14)9-10-3-2-6-15-12(10)13;4*1-2/h2-5,13H,6-10,15H2,1H3;2-3,12,15H,4-9,14H2,1H3;2-3,6,11H,4-5,7-9,14H2,1H3;4*1-2H3. The van der Waals surface area contributed by atoms with E-state index in [1.165, 1.54) is 85.5 Å². The molecule has 7 N–H and O–H groups in total. The fourth-order valence-corrected chi connectivity index (χ4v) is 10.2. The molecule has 0 amide bonds. The van der Waals surface area contributed by atoms with Crippen LogP contribution in [0.15, 0.2) is 66.0 Å². The molecule has 7 aliphatic rings. The number of allylic oxidation sites excluding steroid dienone is 1. The maximum Gasteiger partial charge on any atom is 0.0514 e. The molecule has 3 spiro atoms. The third kappa shape index (κ3) is 9.98. The zero-order valence-electron chi connectivity index (χ0n) is 37.8. The summed E-state index contributed by atoms with van der Waals surface area (Å²) in [4.78, 5) is 11.8. The van der Waals surface area contributed by atoms with Crippen LogP contribution in [0.1, 0.15) is 123 Å². The lowest BCUT2D eigenvalue weighted by Gasteiger charge is -2.42. The summed E-state index contributed by atoms with van der Waals surface area (Å²) in [6, 6.07) is 14.0. The number of nitrogens with two attached hydrogens (primary N) is 3. The number of aromatic nitrogens is 1. The maximum atomic E-state index is 6.42. The van der Waals surface area contributed by atoms with Gasteiger partial charge < -0.3 is 37.2 Å². The highest BCUT2D eigenvalue weighted by Crippen LogP contribution is 2.50. The van der Waals surface area contributed by atoms with Crippen LogP contribution in [0.25, 0.3) is 0 Å². The van der Waals surface area contributed by atoms with Gasteiger partial charge in [-0.3, -0.25) is 4.98 Å². The Hall–Kier alpha value is -2.59. The van der Waals surface area contributed by atoms with Gasteiger partial charge in [0.25, 0.3) is 0 Å². The molecule has 3 fully saturated rings. The van der Waals surface area contributed by atoms with Crippen LogP contribution < -0.4 is 22.5 Å². The van der Waals surface area contributed by atoms with E-state index in [1.54, 1.807) is 0 Å². The van der Waals surface area contributed by atoms with E-state index in [0.29, 0.717) is 12.1 Å². The Morgan fingerprint density at radius 2 is 1.02 bits per heavy atom. The molecule has 0 bridgehead atoms. The predicted molar refractivity (Wildman–Crippen MR) is 242 cm³/mol. The van der Waals surface area contributed by atoms with Crippen molar-refractivity contribution in [3.05, 3.63) is 88.4 Å². The van der Waals surface area contributed by atoms with Crippen molar-refractivity contribution in [3.8, 4) is 0 Å². The first kappa shape index (κ1) is 47.8. The third-order valence-corrected chi connectivity index (χ3v) is 13.6. The van der Waals surface area contributed by atoms with E-state index in [-0.39, 0.29) is 22.3 Å². The topological polar surface area (TPSA) is 113 Å². The molecule has 3 aliphatic carbocycles. The van der Waals surface area contributed by atoms with Gasteiger partial charge in [-0.2, -0.15) is 0 Å². The van der Waals surface area contributed by atoms with Crippen LogP contribution in [0.3, 0.4) is 0 Å². The molecule has 0 saturated carbocycles. The Morgan fingerprint density at radius 1 is 0.571 bits per heavy atom. The van der Waals surface area contributed by atoms with Gasteiger partial charge in [-0.1, -0.05) is 97.9 Å². The molecule has 3 unspecified atom stereocenters. The summed E-state index contributed by atoms with van der Waals surface area (Å²) in [5, 5.41) is 3.49. The normalized spacial score (nSPS) is 26.0. The average Bonchev–Trinajstić information content (AvgIpc) is 3.80. The van der Waals surface area contributed by atoms with E-state index in [9.17, 15) is 0 Å². The van der Waals surface area contributed by atoms with Gasteiger partial charge in [-0.15, -0.1) is 0 Å². The van der Waals surface area contributed by atoms with E-state index in [4.69, 9.17) is 17.2 Å². The van der Waals surface area contributed by atoms with Crippen LogP contribution in [0, 0.1) is 5.41 Å². The quantitative estimate of drug-likeness (QED) is 0.219. The van der Waals surface area contributed by atoms with E-state index in [0.717, 1.165) is 51.7 Å². The second-order valence-corrected chi connectivity index (χ2v) is 16.2. The lowest BCUT2D eigenvalue weighted by Crippen LogP contribution is -2.50. The molecule has 3 atom stereocenters. The number of pyridine rings is 1. The van der Waals surface area contributed by atoms with Gasteiger partial charge in [0, 0.05) is 59.2 Å². The van der Waals surface area contributed by atoms with Crippen molar-refractivity contribution in [1.29, 1.82) is 0 Å². The number of nitrogens with one attached hydrogen (secondary N) is 1. The molecule has 1 aromatic heterocycles. The van der Waals surface area contributed by atoms with Crippen LogP contribution >= 0.6 is 0 Å². The van der Waals surface area contributed by atoms with E-state index in [1.807, 2.05) is 67.7 Å². The molecule has 56 heavy (non-hydrogen) atoms. The second kappa shape index (κ2) is 22.5. The Balaban J connectivity index is 0.000000206. The highest BCUT2D eigenvalue weighted by atomic mass is 15.1. The molecule has 5 heterocycles. The Kier molecular flexibility index (Phi) is 19.2. The van der Waals surface area contributed by atoms with Crippen molar-refractivity contribution in [2.75, 3.05) is 67.0 Å². The number of benzene rings is 1. The summed E-state index contributed by atoms with van der Waals surface area (Å²) in [5.74, 6) is 0. The SMILES string of the molecule is CC.CC.CC.CC.CN1CCC2(CC1)C1=C(CC2N)NCC=C1.CN1CCC2(CC1)c1ccccc1CC2N.CN1CCC2(CC1)c1ncccc1CC2N. The minimum Gasteiger partial charge on any atom is -0.385 e. The van der Waals surface area contributed by atoms with E-state index in [2.05, 4.69) is 88.6 Å². The first-order chi connectivity index (χ1) is 27.2. The summed E-state index contributed by atoms with van der Waals surface area (Å²) < 4.78 is 0. The molecule has 316 valence electrons. The molecule has 1 aromatic carbocycles. The van der Waals surface area contributed by atoms with Crippen LogP contribution in [0.4, 0.5) is 0 Å². The van der Waals surface area contributed by atoms with Gasteiger partial charge in [-0.25, -0.2) is 0 Å². The molecule has 8 heteroatoms. The van der Waals surface area contributed by atoms with Crippen molar-refractivity contribution in [2.45, 2.75) is 142 Å². The molecule has 3 saturated heterocycles. The largest absolute Gasteiger partial charge is 0.385 e. The number of dihydropyridines is 1. The first-order valence-corrected chi connectivity index (χ1v) is 22.7. The second-order valence-electron chi connectivity index (χ2n) is 16.2. The average molecular weight is 773 g/mol. The summed E-state index contributed by atoms with van der Waals surface area (Å²) >= 11 is 0. The molecule has 2 aromatic rings. The number of nitrogens with zero attached hydrogens (tertiary/aromatic N) is 4. The van der Waals surface area contributed by atoms with E-state index < -0.39 is 0 Å². The molecule has 9 rings (SSSR count). The molecule has 8 nitrogen and oxygen atoms in total.